The summed E-state index contributed by atoms with van der Waals surface area (Å²) < 4.78 is 16.4. The standard InChI is InChI=1S/C16H18N2O5/c1-4-23-16(20)10-18-15(19)8-6-13(17-18)12-9-11(21-2)5-7-14(12)22-3/h5-9H,4,10H2,1-3H3. The van der Waals surface area contributed by atoms with E-state index < -0.39 is 5.97 Å². The Labute approximate surface area is 133 Å². The maximum Gasteiger partial charge on any atom is 0.327 e. The summed E-state index contributed by atoms with van der Waals surface area (Å²) in [7, 11) is 3.10. The zero-order chi connectivity index (χ0) is 16.8. The molecular formula is C16H18N2O5. The number of aromatic nitrogens is 2. The molecule has 23 heavy (non-hydrogen) atoms. The third-order valence-electron chi connectivity index (χ3n) is 3.13. The molecule has 0 aliphatic heterocycles. The Bertz CT molecular complexity index is 754. The Morgan fingerprint density at radius 1 is 1.17 bits per heavy atom. The van der Waals surface area contributed by atoms with Crippen molar-refractivity contribution in [3.8, 4) is 22.8 Å². The molecule has 7 nitrogen and oxygen atoms in total. The van der Waals surface area contributed by atoms with Gasteiger partial charge in [-0.1, -0.05) is 0 Å². The molecule has 0 saturated carbocycles. The van der Waals surface area contributed by atoms with E-state index >= 15 is 0 Å². The van der Waals surface area contributed by atoms with Gasteiger partial charge in [0.1, 0.15) is 18.0 Å². The molecule has 0 spiro atoms. The van der Waals surface area contributed by atoms with Gasteiger partial charge in [0.25, 0.3) is 5.56 Å². The molecule has 0 fully saturated rings. The van der Waals surface area contributed by atoms with Crippen molar-refractivity contribution >= 4 is 5.97 Å². The Hall–Kier alpha value is -2.83. The zero-order valence-electron chi connectivity index (χ0n) is 13.2. The molecule has 7 heteroatoms. The topological polar surface area (TPSA) is 79.7 Å². The summed E-state index contributed by atoms with van der Waals surface area (Å²) in [5.41, 5.74) is 0.762. The van der Waals surface area contributed by atoms with Crippen molar-refractivity contribution in [1.82, 2.24) is 9.78 Å². The summed E-state index contributed by atoms with van der Waals surface area (Å²) in [5.74, 6) is 0.697. The third kappa shape index (κ3) is 3.88. The minimum absolute atomic E-state index is 0.243. The lowest BCUT2D eigenvalue weighted by Gasteiger charge is -2.11. The van der Waals surface area contributed by atoms with Gasteiger partial charge in [0, 0.05) is 11.6 Å². The van der Waals surface area contributed by atoms with Crippen LogP contribution in [0.2, 0.25) is 0 Å². The summed E-state index contributed by atoms with van der Waals surface area (Å²) in [4.78, 5) is 23.4. The Morgan fingerprint density at radius 3 is 2.61 bits per heavy atom. The number of methoxy groups -OCH3 is 2. The molecule has 0 amide bonds. The number of rotatable bonds is 6. The normalized spacial score (nSPS) is 10.2. The zero-order valence-corrected chi connectivity index (χ0v) is 13.2. The first-order chi connectivity index (χ1) is 11.1. The molecule has 1 heterocycles. The summed E-state index contributed by atoms with van der Waals surface area (Å²) in [5, 5.41) is 4.22. The van der Waals surface area contributed by atoms with Crippen molar-refractivity contribution in [3.05, 3.63) is 40.7 Å². The monoisotopic (exact) mass is 318 g/mol. The number of hydrogen-bond acceptors (Lipinski definition) is 6. The molecule has 0 unspecified atom stereocenters. The van der Waals surface area contributed by atoms with Crippen LogP contribution in [-0.4, -0.2) is 36.6 Å². The lowest BCUT2D eigenvalue weighted by molar-refractivity contribution is -0.144. The second kappa shape index (κ2) is 7.44. The number of ether oxygens (including phenoxy) is 3. The van der Waals surface area contributed by atoms with Gasteiger partial charge in [-0.25, -0.2) is 4.68 Å². The fourth-order valence-electron chi connectivity index (χ4n) is 2.05. The van der Waals surface area contributed by atoms with Crippen molar-refractivity contribution in [2.24, 2.45) is 0 Å². The molecule has 0 atom stereocenters. The van der Waals surface area contributed by atoms with Crippen LogP contribution < -0.4 is 15.0 Å². The van der Waals surface area contributed by atoms with Crippen molar-refractivity contribution < 1.29 is 19.0 Å². The van der Waals surface area contributed by atoms with Gasteiger partial charge in [-0.3, -0.25) is 9.59 Å². The van der Waals surface area contributed by atoms with Crippen molar-refractivity contribution in [2.75, 3.05) is 20.8 Å². The van der Waals surface area contributed by atoms with E-state index in [1.54, 1.807) is 45.4 Å². The van der Waals surface area contributed by atoms with E-state index in [1.165, 1.54) is 6.07 Å². The van der Waals surface area contributed by atoms with Crippen molar-refractivity contribution in [3.63, 3.8) is 0 Å². The summed E-state index contributed by atoms with van der Waals surface area (Å²) >= 11 is 0. The highest BCUT2D eigenvalue weighted by atomic mass is 16.5. The van der Waals surface area contributed by atoms with Gasteiger partial charge < -0.3 is 14.2 Å². The molecule has 122 valence electrons. The van der Waals surface area contributed by atoms with E-state index in [2.05, 4.69) is 5.10 Å². The predicted octanol–water partition coefficient (Wildman–Crippen LogP) is 1.49. The van der Waals surface area contributed by atoms with Crippen molar-refractivity contribution in [1.29, 1.82) is 0 Å². The number of carbonyl (C=O) groups is 1. The van der Waals surface area contributed by atoms with Crippen LogP contribution in [0.15, 0.2) is 35.1 Å². The lowest BCUT2D eigenvalue weighted by atomic mass is 10.1. The molecular weight excluding hydrogens is 300 g/mol. The van der Waals surface area contributed by atoms with E-state index in [-0.39, 0.29) is 18.7 Å². The number of esters is 1. The molecule has 1 aromatic heterocycles. The third-order valence-corrected chi connectivity index (χ3v) is 3.13. The maximum absolute atomic E-state index is 11.9. The SMILES string of the molecule is CCOC(=O)Cn1nc(-c2cc(OC)ccc2OC)ccc1=O. The first-order valence-corrected chi connectivity index (χ1v) is 7.05. The van der Waals surface area contributed by atoms with Crippen LogP contribution in [0.1, 0.15) is 6.92 Å². The van der Waals surface area contributed by atoms with Gasteiger partial charge >= 0.3 is 5.97 Å². The van der Waals surface area contributed by atoms with Crippen molar-refractivity contribution in [2.45, 2.75) is 13.5 Å². The second-order valence-corrected chi connectivity index (χ2v) is 4.59. The number of carbonyl (C=O) groups excluding carboxylic acids is 1. The van der Waals surface area contributed by atoms with E-state index in [4.69, 9.17) is 14.2 Å². The van der Waals surface area contributed by atoms with Gasteiger partial charge in [-0.05, 0) is 31.2 Å². The quantitative estimate of drug-likeness (QED) is 0.751. The van der Waals surface area contributed by atoms with Crippen LogP contribution in [0.4, 0.5) is 0 Å². The molecule has 0 N–H and O–H groups in total. The highest BCUT2D eigenvalue weighted by Crippen LogP contribution is 2.31. The fraction of sp³-hybridized carbons (Fsp3) is 0.312. The molecule has 0 aliphatic carbocycles. The number of benzene rings is 1. The molecule has 2 aromatic rings. The molecule has 0 radical (unpaired) electrons. The molecule has 0 bridgehead atoms. The first kappa shape index (κ1) is 16.5. The van der Waals surface area contributed by atoms with E-state index in [0.717, 1.165) is 4.68 Å². The summed E-state index contributed by atoms with van der Waals surface area (Å²) in [6, 6.07) is 8.18. The maximum atomic E-state index is 11.9. The summed E-state index contributed by atoms with van der Waals surface area (Å²) in [6.45, 7) is 1.70. The van der Waals surface area contributed by atoms with Gasteiger partial charge in [-0.2, -0.15) is 5.10 Å². The minimum atomic E-state index is -0.517. The smallest absolute Gasteiger partial charge is 0.327 e. The fourth-order valence-corrected chi connectivity index (χ4v) is 2.05. The lowest BCUT2D eigenvalue weighted by Crippen LogP contribution is -2.27. The number of hydrogen-bond donors (Lipinski definition) is 0. The highest BCUT2D eigenvalue weighted by Gasteiger charge is 2.12. The minimum Gasteiger partial charge on any atom is -0.497 e. The largest absolute Gasteiger partial charge is 0.497 e. The van der Waals surface area contributed by atoms with Gasteiger partial charge in [-0.15, -0.1) is 0 Å². The summed E-state index contributed by atoms with van der Waals surface area (Å²) in [6.07, 6.45) is 0. The van der Waals surface area contributed by atoms with Gasteiger partial charge in [0.15, 0.2) is 0 Å². The Kier molecular flexibility index (Phi) is 5.35. The molecule has 0 saturated heterocycles. The number of nitrogens with zero attached hydrogens (tertiary/aromatic N) is 2. The average molecular weight is 318 g/mol. The Morgan fingerprint density at radius 2 is 1.96 bits per heavy atom. The predicted molar refractivity (Wildman–Crippen MR) is 83.7 cm³/mol. The van der Waals surface area contributed by atoms with Crippen LogP contribution >= 0.6 is 0 Å². The van der Waals surface area contributed by atoms with Gasteiger partial charge in [0.2, 0.25) is 0 Å². The molecule has 1 aromatic carbocycles. The van der Waals surface area contributed by atoms with Gasteiger partial charge in [0.05, 0.1) is 26.5 Å². The van der Waals surface area contributed by atoms with E-state index in [9.17, 15) is 9.59 Å². The average Bonchev–Trinajstić information content (AvgIpc) is 2.56. The highest BCUT2D eigenvalue weighted by molar-refractivity contribution is 5.70. The van der Waals surface area contributed by atoms with E-state index in [0.29, 0.717) is 22.8 Å². The van der Waals surface area contributed by atoms with Crippen LogP contribution in [0.5, 0.6) is 11.5 Å². The van der Waals surface area contributed by atoms with Crippen LogP contribution in [0.25, 0.3) is 11.3 Å². The second-order valence-electron chi connectivity index (χ2n) is 4.59. The molecule has 2 rings (SSSR count). The van der Waals surface area contributed by atoms with Crippen LogP contribution in [-0.2, 0) is 16.1 Å². The van der Waals surface area contributed by atoms with Crippen LogP contribution in [0.3, 0.4) is 0 Å². The molecule has 0 aliphatic rings. The first-order valence-electron chi connectivity index (χ1n) is 7.05. The van der Waals surface area contributed by atoms with E-state index in [1.807, 2.05) is 0 Å². The Balaban J connectivity index is 2.44. The van der Waals surface area contributed by atoms with Crippen LogP contribution in [0, 0.1) is 0 Å².